The Kier molecular flexibility index (Phi) is 1.87. The van der Waals surface area contributed by atoms with Crippen LogP contribution in [-0.2, 0) is 6.42 Å². The molecule has 0 atom stereocenters. The highest BCUT2D eigenvalue weighted by Crippen LogP contribution is 2.21. The first kappa shape index (κ1) is 7.43. The molecule has 0 saturated carbocycles. The second kappa shape index (κ2) is 3.03. The fraction of sp³-hybridized carbons (Fsp3) is 0.333. The van der Waals surface area contributed by atoms with E-state index >= 15 is 0 Å². The van der Waals surface area contributed by atoms with Gasteiger partial charge in [-0.1, -0.05) is 6.07 Å². The van der Waals surface area contributed by atoms with E-state index in [-0.39, 0.29) is 6.61 Å². The molecule has 0 amide bonds. The van der Waals surface area contributed by atoms with Gasteiger partial charge in [-0.3, -0.25) is 0 Å². The van der Waals surface area contributed by atoms with Crippen molar-refractivity contribution < 1.29 is 5.11 Å². The summed E-state index contributed by atoms with van der Waals surface area (Å²) in [5.41, 5.74) is 2.01. The van der Waals surface area contributed by atoms with Gasteiger partial charge in [0.2, 0.25) is 0 Å². The van der Waals surface area contributed by atoms with E-state index in [1.165, 1.54) is 5.56 Å². The number of aromatic nitrogens is 1. The Morgan fingerprint density at radius 2 is 2.33 bits per heavy atom. The minimum absolute atomic E-state index is 0.0516. The molecule has 0 saturated heterocycles. The number of hydrogen-bond acceptors (Lipinski definition) is 3. The molecular formula is C9H10N2O. The largest absolute Gasteiger partial charge is 0.390 e. The third kappa shape index (κ3) is 1.23. The van der Waals surface area contributed by atoms with Crippen LogP contribution in [0.2, 0.25) is 0 Å². The maximum atomic E-state index is 8.86. The van der Waals surface area contributed by atoms with Crippen molar-refractivity contribution in [2.75, 3.05) is 6.61 Å². The van der Waals surface area contributed by atoms with Crippen molar-refractivity contribution in [1.29, 1.82) is 0 Å². The van der Waals surface area contributed by atoms with Crippen LogP contribution >= 0.6 is 0 Å². The van der Waals surface area contributed by atoms with Crippen molar-refractivity contribution in [1.82, 2.24) is 4.98 Å². The van der Waals surface area contributed by atoms with Gasteiger partial charge >= 0.3 is 0 Å². The van der Waals surface area contributed by atoms with E-state index < -0.39 is 0 Å². The summed E-state index contributed by atoms with van der Waals surface area (Å²) in [7, 11) is 0. The Hall–Kier alpha value is -1.22. The van der Waals surface area contributed by atoms with Crippen molar-refractivity contribution in [3.8, 4) is 0 Å². The molecule has 62 valence electrons. The zero-order valence-corrected chi connectivity index (χ0v) is 6.70. The first-order valence-corrected chi connectivity index (χ1v) is 4.01. The summed E-state index contributed by atoms with van der Waals surface area (Å²) in [5.74, 6) is 0.771. The number of hydrogen-bond donors (Lipinski definition) is 1. The number of aliphatic hydroxyl groups excluding tert-OH is 1. The second-order valence-corrected chi connectivity index (χ2v) is 2.82. The number of aliphatic hydroxyl groups is 1. The van der Waals surface area contributed by atoms with Gasteiger partial charge in [0.25, 0.3) is 0 Å². The lowest BCUT2D eigenvalue weighted by molar-refractivity contribution is 0.354. The summed E-state index contributed by atoms with van der Waals surface area (Å²) in [6.45, 7) is 0.0516. The molecule has 2 heterocycles. The fourth-order valence-corrected chi connectivity index (χ4v) is 1.33. The van der Waals surface area contributed by atoms with Gasteiger partial charge in [-0.05, 0) is 24.5 Å². The standard InChI is InChI=1S/C9H10N2O/c12-6-8-4-3-7-2-1-5-10-9(7)11-8/h1-2,5,12H,3-4,6H2. The molecule has 0 fully saturated rings. The summed E-state index contributed by atoms with van der Waals surface area (Å²) >= 11 is 0. The minimum Gasteiger partial charge on any atom is -0.390 e. The summed E-state index contributed by atoms with van der Waals surface area (Å²) in [4.78, 5) is 8.34. The SMILES string of the molecule is OCC1=Nc2ncccc2CC1. The van der Waals surface area contributed by atoms with Gasteiger partial charge in [0.05, 0.1) is 6.61 Å². The predicted molar refractivity (Wildman–Crippen MR) is 46.7 cm³/mol. The highest BCUT2D eigenvalue weighted by atomic mass is 16.3. The van der Waals surface area contributed by atoms with Crippen molar-refractivity contribution in [3.05, 3.63) is 23.9 Å². The van der Waals surface area contributed by atoms with Crippen LogP contribution in [0.25, 0.3) is 0 Å². The molecule has 1 aliphatic heterocycles. The molecule has 12 heavy (non-hydrogen) atoms. The molecule has 1 aromatic rings. The molecular weight excluding hydrogens is 152 g/mol. The van der Waals surface area contributed by atoms with Crippen LogP contribution < -0.4 is 0 Å². The maximum absolute atomic E-state index is 8.86. The minimum atomic E-state index is 0.0516. The van der Waals surface area contributed by atoms with Crippen molar-refractivity contribution in [2.24, 2.45) is 4.99 Å². The molecule has 1 N–H and O–H groups in total. The van der Waals surface area contributed by atoms with E-state index in [1.807, 2.05) is 12.1 Å². The zero-order chi connectivity index (χ0) is 8.39. The van der Waals surface area contributed by atoms with Crippen LogP contribution in [0.1, 0.15) is 12.0 Å². The van der Waals surface area contributed by atoms with E-state index in [0.29, 0.717) is 0 Å². The quantitative estimate of drug-likeness (QED) is 0.671. The van der Waals surface area contributed by atoms with Gasteiger partial charge in [-0.2, -0.15) is 0 Å². The zero-order valence-electron chi connectivity index (χ0n) is 6.70. The van der Waals surface area contributed by atoms with Gasteiger partial charge in [0.1, 0.15) is 0 Å². The van der Waals surface area contributed by atoms with E-state index in [0.717, 1.165) is 24.4 Å². The number of pyridine rings is 1. The molecule has 0 radical (unpaired) electrons. The lowest BCUT2D eigenvalue weighted by Gasteiger charge is -2.11. The highest BCUT2D eigenvalue weighted by Gasteiger charge is 2.10. The molecule has 0 bridgehead atoms. The van der Waals surface area contributed by atoms with E-state index in [2.05, 4.69) is 9.98 Å². The lowest BCUT2D eigenvalue weighted by Crippen LogP contribution is -2.10. The summed E-state index contributed by atoms with van der Waals surface area (Å²) in [6.07, 6.45) is 3.53. The van der Waals surface area contributed by atoms with Crippen LogP contribution in [-0.4, -0.2) is 22.4 Å². The molecule has 1 aromatic heterocycles. The van der Waals surface area contributed by atoms with E-state index in [4.69, 9.17) is 5.11 Å². The Balaban J connectivity index is 2.41. The van der Waals surface area contributed by atoms with Crippen molar-refractivity contribution in [3.63, 3.8) is 0 Å². The molecule has 1 aliphatic rings. The normalized spacial score (nSPS) is 15.2. The van der Waals surface area contributed by atoms with Crippen LogP contribution in [0, 0.1) is 0 Å². The number of aryl methyl sites for hydroxylation is 1. The average molecular weight is 162 g/mol. The van der Waals surface area contributed by atoms with E-state index in [1.54, 1.807) is 6.20 Å². The van der Waals surface area contributed by atoms with Gasteiger partial charge in [0.15, 0.2) is 5.82 Å². The molecule has 0 aromatic carbocycles. The van der Waals surface area contributed by atoms with Crippen LogP contribution in [0.5, 0.6) is 0 Å². The second-order valence-electron chi connectivity index (χ2n) is 2.82. The first-order chi connectivity index (χ1) is 5.90. The average Bonchev–Trinajstić information content (AvgIpc) is 2.17. The first-order valence-electron chi connectivity index (χ1n) is 4.01. The predicted octanol–water partition coefficient (Wildman–Crippen LogP) is 1.09. The third-order valence-corrected chi connectivity index (χ3v) is 2.00. The number of aliphatic imine (C=N–C) groups is 1. The summed E-state index contributed by atoms with van der Waals surface area (Å²) in [6, 6.07) is 3.94. The molecule has 0 spiro atoms. The maximum Gasteiger partial charge on any atom is 0.154 e. The van der Waals surface area contributed by atoms with Gasteiger partial charge < -0.3 is 5.11 Å². The molecule has 2 rings (SSSR count). The monoisotopic (exact) mass is 162 g/mol. The number of fused-ring (bicyclic) bond motifs is 1. The van der Waals surface area contributed by atoms with Crippen LogP contribution in [0.15, 0.2) is 23.3 Å². The Bertz CT molecular complexity index is 320. The molecule has 0 unspecified atom stereocenters. The molecule has 3 nitrogen and oxygen atoms in total. The smallest absolute Gasteiger partial charge is 0.154 e. The van der Waals surface area contributed by atoms with Crippen molar-refractivity contribution in [2.45, 2.75) is 12.8 Å². The van der Waals surface area contributed by atoms with Gasteiger partial charge in [-0.25, -0.2) is 9.98 Å². The Labute approximate surface area is 70.8 Å². The fourth-order valence-electron chi connectivity index (χ4n) is 1.33. The number of rotatable bonds is 1. The lowest BCUT2D eigenvalue weighted by atomic mass is 10.1. The summed E-state index contributed by atoms with van der Waals surface area (Å²) in [5, 5.41) is 8.86. The Morgan fingerprint density at radius 3 is 3.17 bits per heavy atom. The molecule has 3 heteroatoms. The van der Waals surface area contributed by atoms with Crippen LogP contribution in [0.4, 0.5) is 5.82 Å². The summed E-state index contributed by atoms with van der Waals surface area (Å²) < 4.78 is 0. The number of nitrogens with zero attached hydrogens (tertiary/aromatic N) is 2. The topological polar surface area (TPSA) is 45.5 Å². The van der Waals surface area contributed by atoms with Crippen molar-refractivity contribution >= 4 is 11.5 Å². The van der Waals surface area contributed by atoms with Gasteiger partial charge in [0, 0.05) is 11.9 Å². The Morgan fingerprint density at radius 1 is 1.42 bits per heavy atom. The highest BCUT2D eigenvalue weighted by molar-refractivity contribution is 5.89. The van der Waals surface area contributed by atoms with Gasteiger partial charge in [-0.15, -0.1) is 0 Å². The van der Waals surface area contributed by atoms with E-state index in [9.17, 15) is 0 Å². The third-order valence-electron chi connectivity index (χ3n) is 2.00. The van der Waals surface area contributed by atoms with Crippen LogP contribution in [0.3, 0.4) is 0 Å². The molecule has 0 aliphatic carbocycles.